The molecule has 3 aromatic heterocycles. The van der Waals surface area contributed by atoms with Crippen LogP contribution in [0.25, 0.3) is 16.7 Å². The average molecular weight is 341 g/mol. The van der Waals surface area contributed by atoms with Crippen LogP contribution in [0.15, 0.2) is 70.3 Å². The number of hydrogen-bond acceptors (Lipinski definition) is 2. The first kappa shape index (κ1) is 14.3. The van der Waals surface area contributed by atoms with E-state index in [1.165, 1.54) is 0 Å². The van der Waals surface area contributed by atoms with Gasteiger partial charge in [0.2, 0.25) is 0 Å². The van der Waals surface area contributed by atoms with Gasteiger partial charge in [-0.2, -0.15) is 11.3 Å². The summed E-state index contributed by atoms with van der Waals surface area (Å²) in [6.45, 7) is 0.714. The topological polar surface area (TPSA) is 26.9 Å². The van der Waals surface area contributed by atoms with Crippen LogP contribution < -0.4 is 5.56 Å². The van der Waals surface area contributed by atoms with Crippen LogP contribution >= 0.6 is 22.9 Å². The molecule has 23 heavy (non-hydrogen) atoms. The van der Waals surface area contributed by atoms with Gasteiger partial charge in [0.25, 0.3) is 5.56 Å². The minimum atomic E-state index is -0.0172. The summed E-state index contributed by atoms with van der Waals surface area (Å²) < 4.78 is 3.88. The van der Waals surface area contributed by atoms with E-state index < -0.39 is 0 Å². The zero-order chi connectivity index (χ0) is 15.8. The SMILES string of the molecule is O=c1ccc2c(ccn2Cc2cccc(Cl)c2)n1-c1ccsc1. The smallest absolute Gasteiger partial charge is 0.255 e. The highest BCUT2D eigenvalue weighted by molar-refractivity contribution is 7.08. The molecule has 0 unspecified atom stereocenters. The van der Waals surface area contributed by atoms with Crippen LogP contribution in [-0.2, 0) is 6.54 Å². The van der Waals surface area contributed by atoms with E-state index in [1.54, 1.807) is 22.0 Å². The molecule has 0 aliphatic rings. The fourth-order valence-electron chi connectivity index (χ4n) is 2.81. The first-order chi connectivity index (χ1) is 11.2. The summed E-state index contributed by atoms with van der Waals surface area (Å²) in [5.74, 6) is 0. The minimum Gasteiger partial charge on any atom is -0.342 e. The van der Waals surface area contributed by atoms with Crippen molar-refractivity contribution in [2.45, 2.75) is 6.54 Å². The van der Waals surface area contributed by atoms with Crippen LogP contribution in [0.5, 0.6) is 0 Å². The average Bonchev–Trinajstić information content (AvgIpc) is 3.18. The molecule has 0 atom stereocenters. The van der Waals surface area contributed by atoms with Crippen molar-refractivity contribution in [1.82, 2.24) is 9.13 Å². The molecule has 0 amide bonds. The molecule has 0 bridgehead atoms. The Morgan fingerprint density at radius 3 is 2.74 bits per heavy atom. The number of benzene rings is 1. The Balaban J connectivity index is 1.85. The summed E-state index contributed by atoms with van der Waals surface area (Å²) in [5, 5.41) is 4.69. The molecule has 1 aromatic carbocycles. The lowest BCUT2D eigenvalue weighted by Crippen LogP contribution is -2.16. The van der Waals surface area contributed by atoms with Crippen molar-refractivity contribution in [1.29, 1.82) is 0 Å². The highest BCUT2D eigenvalue weighted by Crippen LogP contribution is 2.21. The molecule has 4 rings (SSSR count). The minimum absolute atomic E-state index is 0.0172. The van der Waals surface area contributed by atoms with E-state index in [0.29, 0.717) is 6.54 Å². The Hall–Kier alpha value is -2.30. The fraction of sp³-hybridized carbons (Fsp3) is 0.0556. The van der Waals surface area contributed by atoms with Gasteiger partial charge >= 0.3 is 0 Å². The Kier molecular flexibility index (Phi) is 3.56. The number of rotatable bonds is 3. The van der Waals surface area contributed by atoms with Gasteiger partial charge in [0.15, 0.2) is 0 Å². The number of fused-ring (bicyclic) bond motifs is 1. The highest BCUT2D eigenvalue weighted by Gasteiger charge is 2.09. The summed E-state index contributed by atoms with van der Waals surface area (Å²) in [5.41, 5.74) is 3.96. The lowest BCUT2D eigenvalue weighted by Gasteiger charge is -2.08. The predicted molar refractivity (Wildman–Crippen MR) is 96.0 cm³/mol. The molecule has 0 aliphatic heterocycles. The van der Waals surface area contributed by atoms with Crippen molar-refractivity contribution in [2.75, 3.05) is 0 Å². The van der Waals surface area contributed by atoms with Gasteiger partial charge in [-0.1, -0.05) is 23.7 Å². The fourth-order valence-corrected chi connectivity index (χ4v) is 3.64. The van der Waals surface area contributed by atoms with E-state index in [1.807, 2.05) is 59.4 Å². The van der Waals surface area contributed by atoms with Crippen LogP contribution in [0, 0.1) is 0 Å². The molecule has 0 saturated carbocycles. The Bertz CT molecular complexity index is 1030. The second kappa shape index (κ2) is 5.72. The number of aromatic nitrogens is 2. The number of pyridine rings is 1. The molecular formula is C18H13ClN2OS. The molecule has 3 heterocycles. The summed E-state index contributed by atoms with van der Waals surface area (Å²) in [4.78, 5) is 12.3. The van der Waals surface area contributed by atoms with Crippen molar-refractivity contribution >= 4 is 34.0 Å². The van der Waals surface area contributed by atoms with E-state index in [4.69, 9.17) is 11.6 Å². The zero-order valence-electron chi connectivity index (χ0n) is 12.1. The summed E-state index contributed by atoms with van der Waals surface area (Å²) in [6.07, 6.45) is 2.01. The van der Waals surface area contributed by atoms with Gasteiger partial charge in [0, 0.05) is 29.2 Å². The third-order valence-corrected chi connectivity index (χ3v) is 4.74. The predicted octanol–water partition coefficient (Wildman–Crippen LogP) is 4.56. The molecule has 4 aromatic rings. The van der Waals surface area contributed by atoms with E-state index in [2.05, 4.69) is 4.57 Å². The first-order valence-corrected chi connectivity index (χ1v) is 8.52. The second-order valence-electron chi connectivity index (χ2n) is 5.33. The van der Waals surface area contributed by atoms with Crippen molar-refractivity contribution in [2.24, 2.45) is 0 Å². The van der Waals surface area contributed by atoms with Gasteiger partial charge in [-0.05, 0) is 41.3 Å². The van der Waals surface area contributed by atoms with Crippen molar-refractivity contribution in [3.8, 4) is 5.69 Å². The van der Waals surface area contributed by atoms with E-state index in [0.717, 1.165) is 27.3 Å². The van der Waals surface area contributed by atoms with Crippen LogP contribution in [0.4, 0.5) is 0 Å². The summed E-state index contributed by atoms with van der Waals surface area (Å²) in [6, 6.07) is 15.3. The van der Waals surface area contributed by atoms with Gasteiger partial charge in [-0.25, -0.2) is 0 Å². The standard InChI is InChI=1S/C18H13ClN2OS/c19-14-3-1-2-13(10-14)11-20-8-6-17-16(20)4-5-18(22)21(17)15-7-9-23-12-15/h1-10,12H,11H2. The number of halogens is 1. The van der Waals surface area contributed by atoms with Crippen molar-refractivity contribution in [3.05, 3.63) is 86.4 Å². The molecule has 114 valence electrons. The summed E-state index contributed by atoms with van der Waals surface area (Å²) in [7, 11) is 0. The maximum absolute atomic E-state index is 12.3. The molecule has 0 saturated heterocycles. The lowest BCUT2D eigenvalue weighted by atomic mass is 10.2. The molecule has 0 aliphatic carbocycles. The highest BCUT2D eigenvalue weighted by atomic mass is 35.5. The largest absolute Gasteiger partial charge is 0.342 e. The quantitative estimate of drug-likeness (QED) is 0.537. The maximum Gasteiger partial charge on any atom is 0.255 e. The van der Waals surface area contributed by atoms with E-state index in [9.17, 15) is 4.79 Å². The van der Waals surface area contributed by atoms with E-state index >= 15 is 0 Å². The maximum atomic E-state index is 12.3. The third-order valence-electron chi connectivity index (χ3n) is 3.84. The zero-order valence-corrected chi connectivity index (χ0v) is 13.7. The molecular weight excluding hydrogens is 328 g/mol. The van der Waals surface area contributed by atoms with Crippen LogP contribution in [0.1, 0.15) is 5.56 Å². The molecule has 5 heteroatoms. The number of nitrogens with zero attached hydrogens (tertiary/aromatic N) is 2. The van der Waals surface area contributed by atoms with Crippen LogP contribution in [-0.4, -0.2) is 9.13 Å². The monoisotopic (exact) mass is 340 g/mol. The first-order valence-electron chi connectivity index (χ1n) is 7.20. The van der Waals surface area contributed by atoms with Gasteiger partial charge < -0.3 is 4.57 Å². The Morgan fingerprint density at radius 1 is 1.04 bits per heavy atom. The number of thiophene rings is 1. The molecule has 0 spiro atoms. The van der Waals surface area contributed by atoms with Gasteiger partial charge in [-0.3, -0.25) is 9.36 Å². The third kappa shape index (κ3) is 2.60. The second-order valence-corrected chi connectivity index (χ2v) is 6.55. The molecule has 0 fully saturated rings. The normalized spacial score (nSPS) is 11.2. The Morgan fingerprint density at radius 2 is 1.96 bits per heavy atom. The number of hydrogen-bond donors (Lipinski definition) is 0. The molecule has 3 nitrogen and oxygen atoms in total. The Labute approximate surface area is 142 Å². The van der Waals surface area contributed by atoms with Gasteiger partial charge in [0.1, 0.15) is 0 Å². The summed E-state index contributed by atoms with van der Waals surface area (Å²) >= 11 is 7.64. The van der Waals surface area contributed by atoms with E-state index in [-0.39, 0.29) is 5.56 Å². The van der Waals surface area contributed by atoms with Gasteiger partial charge in [-0.15, -0.1) is 0 Å². The molecule has 0 N–H and O–H groups in total. The lowest BCUT2D eigenvalue weighted by molar-refractivity contribution is 0.835. The van der Waals surface area contributed by atoms with Gasteiger partial charge in [0.05, 0.1) is 16.7 Å². The van der Waals surface area contributed by atoms with Crippen LogP contribution in [0.2, 0.25) is 5.02 Å². The van der Waals surface area contributed by atoms with Crippen molar-refractivity contribution in [3.63, 3.8) is 0 Å². The van der Waals surface area contributed by atoms with Crippen LogP contribution in [0.3, 0.4) is 0 Å². The molecule has 0 radical (unpaired) electrons. The van der Waals surface area contributed by atoms with Crippen molar-refractivity contribution < 1.29 is 0 Å².